The summed E-state index contributed by atoms with van der Waals surface area (Å²) < 4.78 is 0. The Morgan fingerprint density at radius 2 is 1.73 bits per heavy atom. The van der Waals surface area contributed by atoms with Gasteiger partial charge >= 0.3 is 6.03 Å². The number of nitrogens with zero attached hydrogens (tertiary/aromatic N) is 2. The molecule has 0 aliphatic carbocycles. The van der Waals surface area contributed by atoms with Gasteiger partial charge in [-0.05, 0) is 31.2 Å². The first-order valence-electron chi connectivity index (χ1n) is 7.32. The van der Waals surface area contributed by atoms with Crippen LogP contribution in [0.4, 0.5) is 10.5 Å². The van der Waals surface area contributed by atoms with Crippen molar-refractivity contribution in [3.8, 4) is 5.75 Å². The number of hydrogen-bond acceptors (Lipinski definition) is 5. The van der Waals surface area contributed by atoms with Crippen LogP contribution < -0.4 is 15.5 Å². The van der Waals surface area contributed by atoms with Gasteiger partial charge in [-0.1, -0.05) is 0 Å². The van der Waals surface area contributed by atoms with Crippen LogP contribution in [0.3, 0.4) is 0 Å². The molecule has 0 spiro atoms. The van der Waals surface area contributed by atoms with Crippen LogP contribution in [0, 0.1) is 0 Å². The van der Waals surface area contributed by atoms with E-state index >= 15 is 0 Å². The number of urea groups is 1. The lowest BCUT2D eigenvalue weighted by atomic mass is 10.2. The summed E-state index contributed by atoms with van der Waals surface area (Å²) in [5.41, 5.74) is 1.06. The maximum absolute atomic E-state index is 11.9. The monoisotopic (exact) mass is 306 g/mol. The van der Waals surface area contributed by atoms with Crippen LogP contribution in [-0.4, -0.2) is 61.2 Å². The predicted molar refractivity (Wildman–Crippen MR) is 84.0 cm³/mol. The Morgan fingerprint density at radius 1 is 1.14 bits per heavy atom. The van der Waals surface area contributed by atoms with Gasteiger partial charge in [-0.15, -0.1) is 0 Å². The molecule has 7 heteroatoms. The number of rotatable bonds is 3. The summed E-state index contributed by atoms with van der Waals surface area (Å²) >= 11 is 0. The molecule has 1 unspecified atom stereocenters. The van der Waals surface area contributed by atoms with Gasteiger partial charge in [0.2, 0.25) is 5.91 Å². The van der Waals surface area contributed by atoms with Gasteiger partial charge in [0, 0.05) is 38.9 Å². The first-order chi connectivity index (χ1) is 10.5. The Labute approximate surface area is 129 Å². The zero-order valence-electron chi connectivity index (χ0n) is 12.9. The van der Waals surface area contributed by atoms with E-state index in [0.717, 1.165) is 31.9 Å². The van der Waals surface area contributed by atoms with Crippen molar-refractivity contribution >= 4 is 17.6 Å². The smallest absolute Gasteiger partial charge is 0.321 e. The number of piperazine rings is 1. The summed E-state index contributed by atoms with van der Waals surface area (Å²) in [6.45, 7) is 4.87. The third kappa shape index (κ3) is 3.88. The highest BCUT2D eigenvalue weighted by Crippen LogP contribution is 2.20. The quantitative estimate of drug-likeness (QED) is 0.751. The van der Waals surface area contributed by atoms with Crippen molar-refractivity contribution in [1.82, 2.24) is 15.5 Å². The van der Waals surface area contributed by atoms with Crippen LogP contribution in [0.25, 0.3) is 0 Å². The molecule has 22 heavy (non-hydrogen) atoms. The molecule has 1 heterocycles. The van der Waals surface area contributed by atoms with Gasteiger partial charge in [0.25, 0.3) is 0 Å². The van der Waals surface area contributed by atoms with Crippen molar-refractivity contribution in [2.45, 2.75) is 13.0 Å². The van der Waals surface area contributed by atoms with E-state index in [4.69, 9.17) is 0 Å². The van der Waals surface area contributed by atoms with E-state index in [1.54, 1.807) is 19.1 Å². The van der Waals surface area contributed by atoms with Crippen molar-refractivity contribution in [2.24, 2.45) is 0 Å². The molecule has 2 rings (SSSR count). The number of aromatic hydroxyl groups is 1. The van der Waals surface area contributed by atoms with E-state index in [9.17, 15) is 14.7 Å². The fourth-order valence-electron chi connectivity index (χ4n) is 2.48. The Hall–Kier alpha value is -2.28. The average molecular weight is 306 g/mol. The standard InChI is InChI=1S/C15H22N4O3/c1-11(14(21)17-15(22)16-2)18-7-9-19(10-8-18)12-3-5-13(20)6-4-12/h3-6,11,20H,7-10H2,1-2H3,(H2,16,17,21,22). The van der Waals surface area contributed by atoms with Crippen molar-refractivity contribution in [3.05, 3.63) is 24.3 Å². The number of phenols is 1. The van der Waals surface area contributed by atoms with Crippen LogP contribution in [0.5, 0.6) is 5.75 Å². The minimum atomic E-state index is -0.487. The van der Waals surface area contributed by atoms with Gasteiger partial charge in [-0.2, -0.15) is 0 Å². The van der Waals surface area contributed by atoms with Gasteiger partial charge in [0.1, 0.15) is 5.75 Å². The summed E-state index contributed by atoms with van der Waals surface area (Å²) in [5.74, 6) is -0.0423. The van der Waals surface area contributed by atoms with E-state index in [1.165, 1.54) is 7.05 Å². The van der Waals surface area contributed by atoms with Crippen LogP contribution in [0.15, 0.2) is 24.3 Å². The molecule has 7 nitrogen and oxygen atoms in total. The number of phenolic OH excluding ortho intramolecular Hbond substituents is 1. The first kappa shape index (κ1) is 16.1. The Balaban J connectivity index is 1.87. The van der Waals surface area contributed by atoms with E-state index in [1.807, 2.05) is 12.1 Å². The third-order valence-electron chi connectivity index (χ3n) is 3.92. The number of amides is 3. The highest BCUT2D eigenvalue weighted by atomic mass is 16.3. The second-order valence-electron chi connectivity index (χ2n) is 5.28. The zero-order chi connectivity index (χ0) is 16.1. The normalized spacial score (nSPS) is 16.9. The Kier molecular flexibility index (Phi) is 5.21. The molecule has 3 amide bonds. The van der Waals surface area contributed by atoms with Crippen LogP contribution in [-0.2, 0) is 4.79 Å². The number of carbonyl (C=O) groups is 2. The van der Waals surface area contributed by atoms with Gasteiger partial charge in [-0.3, -0.25) is 15.0 Å². The van der Waals surface area contributed by atoms with E-state index in [-0.39, 0.29) is 17.7 Å². The predicted octanol–water partition coefficient (Wildman–Crippen LogP) is 0.358. The van der Waals surface area contributed by atoms with Gasteiger partial charge in [0.05, 0.1) is 6.04 Å². The second-order valence-corrected chi connectivity index (χ2v) is 5.28. The summed E-state index contributed by atoms with van der Waals surface area (Å²) in [4.78, 5) is 27.4. The molecule has 0 aromatic heterocycles. The number of nitrogens with one attached hydrogen (secondary N) is 2. The molecule has 120 valence electrons. The van der Waals surface area contributed by atoms with E-state index < -0.39 is 6.03 Å². The average Bonchev–Trinajstić information content (AvgIpc) is 2.55. The fraction of sp³-hybridized carbons (Fsp3) is 0.467. The lowest BCUT2D eigenvalue weighted by Crippen LogP contribution is -2.55. The molecular weight excluding hydrogens is 284 g/mol. The number of anilines is 1. The lowest BCUT2D eigenvalue weighted by molar-refractivity contribution is -0.124. The molecule has 0 saturated carbocycles. The minimum Gasteiger partial charge on any atom is -0.508 e. The maximum Gasteiger partial charge on any atom is 0.321 e. The van der Waals surface area contributed by atoms with Gasteiger partial charge < -0.3 is 15.3 Å². The minimum absolute atomic E-state index is 0.252. The van der Waals surface area contributed by atoms with Crippen molar-refractivity contribution in [3.63, 3.8) is 0 Å². The third-order valence-corrected chi connectivity index (χ3v) is 3.92. The zero-order valence-corrected chi connectivity index (χ0v) is 12.9. The summed E-state index contributed by atoms with van der Waals surface area (Å²) in [6, 6.07) is 6.26. The Morgan fingerprint density at radius 3 is 2.27 bits per heavy atom. The molecular formula is C15H22N4O3. The summed E-state index contributed by atoms with van der Waals surface area (Å²) in [7, 11) is 1.48. The van der Waals surface area contributed by atoms with Gasteiger partial charge in [-0.25, -0.2) is 4.79 Å². The van der Waals surface area contributed by atoms with E-state index in [0.29, 0.717) is 0 Å². The van der Waals surface area contributed by atoms with Crippen LogP contribution in [0.2, 0.25) is 0 Å². The summed E-state index contributed by atoms with van der Waals surface area (Å²) in [5, 5.41) is 14.0. The second kappa shape index (κ2) is 7.13. The van der Waals surface area contributed by atoms with Crippen LogP contribution >= 0.6 is 0 Å². The largest absolute Gasteiger partial charge is 0.508 e. The first-order valence-corrected chi connectivity index (χ1v) is 7.32. The number of hydrogen-bond donors (Lipinski definition) is 3. The summed E-state index contributed by atoms with van der Waals surface area (Å²) in [6.07, 6.45) is 0. The van der Waals surface area contributed by atoms with Gasteiger partial charge in [0.15, 0.2) is 0 Å². The molecule has 3 N–H and O–H groups in total. The molecule has 1 aromatic rings. The topological polar surface area (TPSA) is 84.9 Å². The highest BCUT2D eigenvalue weighted by Gasteiger charge is 2.26. The number of benzene rings is 1. The van der Waals surface area contributed by atoms with E-state index in [2.05, 4.69) is 20.4 Å². The number of carbonyl (C=O) groups excluding carboxylic acids is 2. The highest BCUT2D eigenvalue weighted by molar-refractivity contribution is 5.96. The molecule has 0 radical (unpaired) electrons. The molecule has 1 saturated heterocycles. The Bertz CT molecular complexity index is 524. The fourth-order valence-corrected chi connectivity index (χ4v) is 2.48. The lowest BCUT2D eigenvalue weighted by Gasteiger charge is -2.38. The molecule has 0 bridgehead atoms. The van der Waals surface area contributed by atoms with Crippen molar-refractivity contribution in [1.29, 1.82) is 0 Å². The van der Waals surface area contributed by atoms with Crippen molar-refractivity contribution < 1.29 is 14.7 Å². The number of imide groups is 1. The maximum atomic E-state index is 11.9. The molecule has 1 aliphatic rings. The molecule has 1 aliphatic heterocycles. The van der Waals surface area contributed by atoms with Crippen LogP contribution in [0.1, 0.15) is 6.92 Å². The SMILES string of the molecule is CNC(=O)NC(=O)C(C)N1CCN(c2ccc(O)cc2)CC1. The molecule has 1 atom stereocenters. The molecule has 1 aromatic carbocycles. The molecule has 1 fully saturated rings. The van der Waals surface area contributed by atoms with Crippen molar-refractivity contribution in [2.75, 3.05) is 38.1 Å².